The minimum Gasteiger partial charge on any atom is -0.508 e. The van der Waals surface area contributed by atoms with Crippen molar-refractivity contribution in [3.05, 3.63) is 57.8 Å². The molecule has 0 spiro atoms. The first kappa shape index (κ1) is 12.9. The van der Waals surface area contributed by atoms with E-state index in [9.17, 15) is 9.50 Å². The maximum atomic E-state index is 13.3. The van der Waals surface area contributed by atoms with Crippen molar-refractivity contribution in [1.82, 2.24) is 0 Å². The zero-order valence-electron chi connectivity index (χ0n) is 9.87. The summed E-state index contributed by atoms with van der Waals surface area (Å²) in [5.41, 5.74) is 2.68. The van der Waals surface area contributed by atoms with Crippen molar-refractivity contribution < 1.29 is 9.50 Å². The van der Waals surface area contributed by atoms with E-state index in [1.807, 2.05) is 13.0 Å². The van der Waals surface area contributed by atoms with Crippen molar-refractivity contribution in [1.29, 1.82) is 0 Å². The largest absolute Gasteiger partial charge is 0.508 e. The molecule has 0 aliphatic rings. The minimum absolute atomic E-state index is 0.242. The molecule has 0 aromatic heterocycles. The highest BCUT2D eigenvalue weighted by atomic mass is 79.9. The van der Waals surface area contributed by atoms with Crippen molar-refractivity contribution in [2.45, 2.75) is 13.5 Å². The molecule has 2 N–H and O–H groups in total. The molecule has 0 aliphatic carbocycles. The van der Waals surface area contributed by atoms with Crippen LogP contribution in [0.25, 0.3) is 0 Å². The first-order valence-corrected chi connectivity index (χ1v) is 6.33. The summed E-state index contributed by atoms with van der Waals surface area (Å²) in [5.74, 6) is -0.0262. The summed E-state index contributed by atoms with van der Waals surface area (Å²) in [5, 5.41) is 12.6. The van der Waals surface area contributed by atoms with E-state index >= 15 is 0 Å². The van der Waals surface area contributed by atoms with Crippen LogP contribution in [0.2, 0.25) is 0 Å². The van der Waals surface area contributed by atoms with Gasteiger partial charge in [0.15, 0.2) is 0 Å². The van der Waals surface area contributed by atoms with E-state index in [0.29, 0.717) is 11.0 Å². The predicted molar refractivity (Wildman–Crippen MR) is 74.3 cm³/mol. The standard InChI is InChI=1S/C14H13BrFNO/c1-9-5-13(16)12(15)7-14(9)17-8-10-3-2-4-11(18)6-10/h2-7,17-18H,8H2,1H3. The molecule has 0 radical (unpaired) electrons. The molecular formula is C14H13BrFNO. The molecule has 18 heavy (non-hydrogen) atoms. The van der Waals surface area contributed by atoms with Gasteiger partial charge in [-0.3, -0.25) is 0 Å². The summed E-state index contributed by atoms with van der Waals surface area (Å²) < 4.78 is 13.7. The molecule has 2 aromatic rings. The number of phenols is 1. The van der Waals surface area contributed by atoms with Gasteiger partial charge in [-0.05, 0) is 58.2 Å². The Labute approximate surface area is 114 Å². The quantitative estimate of drug-likeness (QED) is 0.890. The third-order valence-corrected chi connectivity index (χ3v) is 3.27. The number of halogens is 2. The van der Waals surface area contributed by atoms with Crippen LogP contribution >= 0.6 is 15.9 Å². The summed E-state index contributed by atoms with van der Waals surface area (Å²) in [4.78, 5) is 0. The van der Waals surface area contributed by atoms with Gasteiger partial charge < -0.3 is 10.4 Å². The Hall–Kier alpha value is -1.55. The normalized spacial score (nSPS) is 10.4. The van der Waals surface area contributed by atoms with E-state index in [1.165, 1.54) is 6.07 Å². The number of benzene rings is 2. The Bertz CT molecular complexity index is 572. The third kappa shape index (κ3) is 3.01. The maximum absolute atomic E-state index is 13.3. The lowest BCUT2D eigenvalue weighted by atomic mass is 10.1. The SMILES string of the molecule is Cc1cc(F)c(Br)cc1NCc1cccc(O)c1. The highest BCUT2D eigenvalue weighted by molar-refractivity contribution is 9.10. The topological polar surface area (TPSA) is 32.3 Å². The van der Waals surface area contributed by atoms with E-state index < -0.39 is 0 Å². The van der Waals surface area contributed by atoms with E-state index in [-0.39, 0.29) is 11.6 Å². The second-order valence-corrected chi connectivity index (χ2v) is 4.96. The Morgan fingerprint density at radius 3 is 2.78 bits per heavy atom. The van der Waals surface area contributed by atoms with Crippen LogP contribution in [0.15, 0.2) is 40.9 Å². The predicted octanol–water partition coefficient (Wildman–Crippen LogP) is 4.21. The van der Waals surface area contributed by atoms with Crippen LogP contribution in [0.5, 0.6) is 5.75 Å². The molecule has 0 saturated heterocycles. The van der Waals surface area contributed by atoms with Gasteiger partial charge in [0.05, 0.1) is 4.47 Å². The molecule has 0 saturated carbocycles. The summed E-state index contributed by atoms with van der Waals surface area (Å²) in [7, 11) is 0. The van der Waals surface area contributed by atoms with Crippen LogP contribution in [-0.4, -0.2) is 5.11 Å². The van der Waals surface area contributed by atoms with E-state index in [2.05, 4.69) is 21.2 Å². The Morgan fingerprint density at radius 2 is 2.06 bits per heavy atom. The van der Waals surface area contributed by atoms with Crippen LogP contribution in [0.4, 0.5) is 10.1 Å². The number of hydrogen-bond acceptors (Lipinski definition) is 2. The summed E-state index contributed by atoms with van der Waals surface area (Å²) in [6, 6.07) is 10.2. The molecule has 2 aromatic carbocycles. The smallest absolute Gasteiger partial charge is 0.137 e. The number of nitrogens with one attached hydrogen (secondary N) is 1. The molecule has 0 bridgehead atoms. The fourth-order valence-electron chi connectivity index (χ4n) is 1.70. The first-order valence-electron chi connectivity index (χ1n) is 5.53. The zero-order chi connectivity index (χ0) is 13.1. The van der Waals surface area contributed by atoms with Gasteiger partial charge in [-0.1, -0.05) is 12.1 Å². The third-order valence-electron chi connectivity index (χ3n) is 2.66. The van der Waals surface area contributed by atoms with Crippen molar-refractivity contribution in [2.24, 2.45) is 0 Å². The van der Waals surface area contributed by atoms with E-state index in [1.54, 1.807) is 24.3 Å². The summed E-state index contributed by atoms with van der Waals surface area (Å²) in [6.07, 6.45) is 0. The zero-order valence-corrected chi connectivity index (χ0v) is 11.5. The molecule has 2 rings (SSSR count). The molecule has 0 unspecified atom stereocenters. The van der Waals surface area contributed by atoms with Gasteiger partial charge in [-0.2, -0.15) is 0 Å². The molecule has 0 heterocycles. The average molecular weight is 310 g/mol. The van der Waals surface area contributed by atoms with Crippen LogP contribution < -0.4 is 5.32 Å². The number of aryl methyl sites for hydroxylation is 1. The number of hydrogen-bond donors (Lipinski definition) is 2. The molecule has 0 atom stereocenters. The maximum Gasteiger partial charge on any atom is 0.137 e. The Balaban J connectivity index is 2.13. The first-order chi connectivity index (χ1) is 8.56. The number of aromatic hydroxyl groups is 1. The highest BCUT2D eigenvalue weighted by Crippen LogP contribution is 2.24. The van der Waals surface area contributed by atoms with Gasteiger partial charge in [0.2, 0.25) is 0 Å². The van der Waals surface area contributed by atoms with Crippen LogP contribution in [-0.2, 0) is 6.54 Å². The Morgan fingerprint density at radius 1 is 1.28 bits per heavy atom. The minimum atomic E-state index is -0.268. The fourth-order valence-corrected chi connectivity index (χ4v) is 2.04. The van der Waals surface area contributed by atoms with Crippen LogP contribution in [0.1, 0.15) is 11.1 Å². The summed E-state index contributed by atoms with van der Waals surface area (Å²) >= 11 is 3.16. The highest BCUT2D eigenvalue weighted by Gasteiger charge is 2.05. The molecular weight excluding hydrogens is 297 g/mol. The van der Waals surface area contributed by atoms with Crippen molar-refractivity contribution in [3.63, 3.8) is 0 Å². The number of rotatable bonds is 3. The molecule has 0 aliphatic heterocycles. The van der Waals surface area contributed by atoms with Crippen molar-refractivity contribution in [2.75, 3.05) is 5.32 Å². The second-order valence-electron chi connectivity index (χ2n) is 4.10. The van der Waals surface area contributed by atoms with Gasteiger partial charge in [-0.25, -0.2) is 4.39 Å². The van der Waals surface area contributed by atoms with Gasteiger partial charge in [0.1, 0.15) is 11.6 Å². The molecule has 0 fully saturated rings. The Kier molecular flexibility index (Phi) is 3.87. The van der Waals surface area contributed by atoms with Gasteiger partial charge in [0, 0.05) is 12.2 Å². The van der Waals surface area contributed by atoms with Gasteiger partial charge >= 0.3 is 0 Å². The summed E-state index contributed by atoms with van der Waals surface area (Å²) in [6.45, 7) is 2.42. The van der Waals surface area contributed by atoms with Crippen molar-refractivity contribution >= 4 is 21.6 Å². The molecule has 0 amide bonds. The van der Waals surface area contributed by atoms with Crippen LogP contribution in [0.3, 0.4) is 0 Å². The molecule has 4 heteroatoms. The number of phenolic OH excluding ortho intramolecular Hbond substituents is 1. The van der Waals surface area contributed by atoms with Gasteiger partial charge in [-0.15, -0.1) is 0 Å². The lowest BCUT2D eigenvalue weighted by Crippen LogP contribution is -2.01. The lowest BCUT2D eigenvalue weighted by Gasteiger charge is -2.11. The molecule has 2 nitrogen and oxygen atoms in total. The van der Waals surface area contributed by atoms with Crippen molar-refractivity contribution in [3.8, 4) is 5.75 Å². The van der Waals surface area contributed by atoms with E-state index in [4.69, 9.17) is 0 Å². The number of anilines is 1. The average Bonchev–Trinajstić information content (AvgIpc) is 2.32. The second kappa shape index (κ2) is 5.40. The van der Waals surface area contributed by atoms with E-state index in [0.717, 1.165) is 16.8 Å². The van der Waals surface area contributed by atoms with Gasteiger partial charge in [0.25, 0.3) is 0 Å². The lowest BCUT2D eigenvalue weighted by molar-refractivity contribution is 0.474. The fraction of sp³-hybridized carbons (Fsp3) is 0.143. The molecule has 94 valence electrons. The van der Waals surface area contributed by atoms with Crippen LogP contribution in [0, 0.1) is 12.7 Å². The monoisotopic (exact) mass is 309 g/mol.